The van der Waals surface area contributed by atoms with Crippen LogP contribution in [0.4, 0.5) is 0 Å². The molecule has 0 aliphatic carbocycles. The lowest BCUT2D eigenvalue weighted by Crippen LogP contribution is -2.50. The first-order chi connectivity index (χ1) is 9.95. The summed E-state index contributed by atoms with van der Waals surface area (Å²) >= 11 is 0. The second-order valence-corrected chi connectivity index (χ2v) is 6.97. The third-order valence-electron chi connectivity index (χ3n) is 3.57. The minimum absolute atomic E-state index is 0.124. The van der Waals surface area contributed by atoms with Crippen LogP contribution in [0, 0.1) is 0 Å². The number of carbonyl (C=O) groups is 1. The number of hydrogen-bond acceptors (Lipinski definition) is 5. The fourth-order valence-corrected chi connectivity index (χ4v) is 3.22. The minimum atomic E-state index is -3.19. The Morgan fingerprint density at radius 2 is 1.95 bits per heavy atom. The monoisotopic (exact) mass is 309 g/mol. The summed E-state index contributed by atoms with van der Waals surface area (Å²) in [4.78, 5) is 18.1. The summed E-state index contributed by atoms with van der Waals surface area (Å²) < 4.78 is 29.5. The predicted octanol–water partition coefficient (Wildman–Crippen LogP) is 0.545. The van der Waals surface area contributed by atoms with Crippen LogP contribution in [0.15, 0.2) is 29.0 Å². The Morgan fingerprint density at radius 1 is 1.24 bits per heavy atom. The highest BCUT2D eigenvalue weighted by atomic mass is 32.2. The second kappa shape index (κ2) is 5.12. The van der Waals surface area contributed by atoms with Gasteiger partial charge in [-0.05, 0) is 18.2 Å². The molecule has 1 aromatic heterocycles. The number of amides is 1. The van der Waals surface area contributed by atoms with Gasteiger partial charge >= 0.3 is 0 Å². The van der Waals surface area contributed by atoms with Crippen LogP contribution in [-0.4, -0.2) is 60.9 Å². The maximum Gasteiger partial charge on any atom is 0.254 e. The van der Waals surface area contributed by atoms with E-state index in [1.54, 1.807) is 23.1 Å². The summed E-state index contributed by atoms with van der Waals surface area (Å²) in [7, 11) is -3.19. The van der Waals surface area contributed by atoms with Crippen LogP contribution < -0.4 is 0 Å². The van der Waals surface area contributed by atoms with Gasteiger partial charge in [-0.25, -0.2) is 13.4 Å². The van der Waals surface area contributed by atoms with Gasteiger partial charge in [0.15, 0.2) is 12.0 Å². The molecule has 0 saturated carbocycles. The Hall–Kier alpha value is -1.93. The number of oxazole rings is 1. The molecule has 8 heteroatoms. The largest absolute Gasteiger partial charge is 0.443 e. The zero-order chi connectivity index (χ0) is 15.0. The van der Waals surface area contributed by atoms with Crippen molar-refractivity contribution in [2.45, 2.75) is 0 Å². The van der Waals surface area contributed by atoms with Gasteiger partial charge in [-0.1, -0.05) is 0 Å². The predicted molar refractivity (Wildman–Crippen MR) is 76.3 cm³/mol. The fraction of sp³-hybridized carbons (Fsp3) is 0.385. The van der Waals surface area contributed by atoms with Gasteiger partial charge in [-0.2, -0.15) is 4.31 Å². The van der Waals surface area contributed by atoms with Crippen LogP contribution in [0.25, 0.3) is 11.1 Å². The molecular weight excluding hydrogens is 294 g/mol. The van der Waals surface area contributed by atoms with Crippen molar-refractivity contribution in [1.82, 2.24) is 14.2 Å². The molecule has 0 N–H and O–H groups in total. The molecule has 0 atom stereocenters. The molecule has 3 rings (SSSR count). The van der Waals surface area contributed by atoms with Gasteiger partial charge in [0.2, 0.25) is 10.0 Å². The average molecular weight is 309 g/mol. The van der Waals surface area contributed by atoms with Crippen LogP contribution in [0.3, 0.4) is 0 Å². The van der Waals surface area contributed by atoms with E-state index in [9.17, 15) is 13.2 Å². The molecule has 0 radical (unpaired) electrons. The number of nitrogens with zero attached hydrogens (tertiary/aromatic N) is 3. The number of fused-ring (bicyclic) bond motifs is 1. The lowest BCUT2D eigenvalue weighted by Gasteiger charge is -2.33. The van der Waals surface area contributed by atoms with Crippen LogP contribution in [0.1, 0.15) is 10.4 Å². The molecular formula is C13H15N3O4S. The molecule has 1 aromatic carbocycles. The number of rotatable bonds is 2. The lowest BCUT2D eigenvalue weighted by molar-refractivity contribution is 0.0698. The van der Waals surface area contributed by atoms with E-state index < -0.39 is 10.0 Å². The smallest absolute Gasteiger partial charge is 0.254 e. The first-order valence-electron chi connectivity index (χ1n) is 6.53. The Kier molecular flexibility index (Phi) is 3.42. The Labute approximate surface area is 122 Å². The second-order valence-electron chi connectivity index (χ2n) is 4.99. The van der Waals surface area contributed by atoms with Crippen molar-refractivity contribution in [3.05, 3.63) is 30.2 Å². The summed E-state index contributed by atoms with van der Waals surface area (Å²) in [6.07, 6.45) is 2.52. The first-order valence-corrected chi connectivity index (χ1v) is 8.37. The molecule has 21 heavy (non-hydrogen) atoms. The van der Waals surface area contributed by atoms with E-state index in [-0.39, 0.29) is 5.91 Å². The van der Waals surface area contributed by atoms with E-state index in [0.29, 0.717) is 42.8 Å². The third-order valence-corrected chi connectivity index (χ3v) is 4.88. The Morgan fingerprint density at radius 3 is 2.62 bits per heavy atom. The molecule has 1 aliphatic heterocycles. The molecule has 0 unspecified atom stereocenters. The highest BCUT2D eigenvalue weighted by Gasteiger charge is 2.26. The number of sulfonamides is 1. The Bertz CT molecular complexity index is 776. The highest BCUT2D eigenvalue weighted by molar-refractivity contribution is 7.88. The lowest BCUT2D eigenvalue weighted by atomic mass is 10.1. The topological polar surface area (TPSA) is 83.7 Å². The standard InChI is InChI=1S/C13H15N3O4S/c1-21(18,19)16-6-4-15(5-7-16)13(17)10-2-3-11-12(8-10)20-9-14-11/h2-3,8-9H,4-7H2,1H3. The van der Waals surface area contributed by atoms with Crippen molar-refractivity contribution in [3.8, 4) is 0 Å². The number of piperazine rings is 1. The molecule has 0 bridgehead atoms. The van der Waals surface area contributed by atoms with Crippen molar-refractivity contribution in [2.24, 2.45) is 0 Å². The van der Waals surface area contributed by atoms with E-state index in [1.807, 2.05) is 0 Å². The summed E-state index contributed by atoms with van der Waals surface area (Å²) in [5, 5.41) is 0. The molecule has 0 spiro atoms. The van der Waals surface area contributed by atoms with Gasteiger partial charge in [0, 0.05) is 31.7 Å². The SMILES string of the molecule is CS(=O)(=O)N1CCN(C(=O)c2ccc3ncoc3c2)CC1. The normalized spacial score (nSPS) is 17.3. The van der Waals surface area contributed by atoms with Crippen LogP contribution in [-0.2, 0) is 10.0 Å². The Balaban J connectivity index is 1.74. The summed E-state index contributed by atoms with van der Waals surface area (Å²) in [6, 6.07) is 5.10. The highest BCUT2D eigenvalue weighted by Crippen LogP contribution is 2.17. The van der Waals surface area contributed by atoms with Crippen LogP contribution in [0.2, 0.25) is 0 Å². The first kappa shape index (κ1) is 14.0. The van der Waals surface area contributed by atoms with Gasteiger partial charge in [0.25, 0.3) is 5.91 Å². The quantitative estimate of drug-likeness (QED) is 0.808. The molecule has 1 aliphatic rings. The zero-order valence-electron chi connectivity index (χ0n) is 11.5. The number of hydrogen-bond donors (Lipinski definition) is 0. The number of benzene rings is 1. The molecule has 1 saturated heterocycles. The number of carbonyl (C=O) groups excluding carboxylic acids is 1. The van der Waals surface area contributed by atoms with E-state index in [2.05, 4.69) is 4.98 Å². The maximum absolute atomic E-state index is 12.4. The van der Waals surface area contributed by atoms with Crippen molar-refractivity contribution in [2.75, 3.05) is 32.4 Å². The van der Waals surface area contributed by atoms with Gasteiger partial charge in [-0.3, -0.25) is 4.79 Å². The van der Waals surface area contributed by atoms with Crippen molar-refractivity contribution in [3.63, 3.8) is 0 Å². The minimum Gasteiger partial charge on any atom is -0.443 e. The van der Waals surface area contributed by atoms with Gasteiger partial charge in [0.05, 0.1) is 6.26 Å². The summed E-state index contributed by atoms with van der Waals surface area (Å²) in [5.41, 5.74) is 1.79. The molecule has 2 heterocycles. The van der Waals surface area contributed by atoms with E-state index >= 15 is 0 Å². The molecule has 2 aromatic rings. The third kappa shape index (κ3) is 2.77. The zero-order valence-corrected chi connectivity index (χ0v) is 12.3. The number of aromatic nitrogens is 1. The molecule has 1 amide bonds. The van der Waals surface area contributed by atoms with Gasteiger partial charge < -0.3 is 9.32 Å². The summed E-state index contributed by atoms with van der Waals surface area (Å²) in [6.45, 7) is 1.44. The summed E-state index contributed by atoms with van der Waals surface area (Å²) in [5.74, 6) is -0.124. The van der Waals surface area contributed by atoms with Crippen LogP contribution >= 0.6 is 0 Å². The average Bonchev–Trinajstić information content (AvgIpc) is 2.93. The van der Waals surface area contributed by atoms with E-state index in [0.717, 1.165) is 0 Å². The van der Waals surface area contributed by atoms with Crippen molar-refractivity contribution < 1.29 is 17.6 Å². The maximum atomic E-state index is 12.4. The van der Waals surface area contributed by atoms with Gasteiger partial charge in [-0.15, -0.1) is 0 Å². The van der Waals surface area contributed by atoms with Crippen molar-refractivity contribution >= 4 is 27.0 Å². The molecule has 7 nitrogen and oxygen atoms in total. The van der Waals surface area contributed by atoms with Gasteiger partial charge in [0.1, 0.15) is 5.52 Å². The van der Waals surface area contributed by atoms with Crippen molar-refractivity contribution in [1.29, 1.82) is 0 Å². The van der Waals surface area contributed by atoms with E-state index in [1.165, 1.54) is 17.0 Å². The fourth-order valence-electron chi connectivity index (χ4n) is 2.39. The molecule has 112 valence electrons. The van der Waals surface area contributed by atoms with E-state index in [4.69, 9.17) is 4.42 Å². The van der Waals surface area contributed by atoms with Crippen LogP contribution in [0.5, 0.6) is 0 Å². The molecule has 1 fully saturated rings.